The fourth-order valence-electron chi connectivity index (χ4n) is 2.17. The number of hydrogen-bond donors (Lipinski definition) is 3. The van der Waals surface area contributed by atoms with Gasteiger partial charge in [-0.1, -0.05) is 19.1 Å². The Morgan fingerprint density at radius 1 is 0.966 bits per heavy atom. The molecule has 0 atom stereocenters. The van der Waals surface area contributed by atoms with Gasteiger partial charge in [0.15, 0.2) is 23.2 Å². The van der Waals surface area contributed by atoms with Crippen LogP contribution in [0.15, 0.2) is 48.5 Å². The van der Waals surface area contributed by atoms with Crippen LogP contribution >= 0.6 is 12.2 Å². The summed E-state index contributed by atoms with van der Waals surface area (Å²) in [4.78, 5) is 24.0. The number of amides is 2. The van der Waals surface area contributed by atoms with Gasteiger partial charge in [-0.15, -0.1) is 0 Å². The molecule has 9 heteroatoms. The Kier molecular flexibility index (Phi) is 8.71. The summed E-state index contributed by atoms with van der Waals surface area (Å²) in [6, 6.07) is 13.6. The molecule has 29 heavy (non-hydrogen) atoms. The van der Waals surface area contributed by atoms with E-state index in [1.807, 2.05) is 6.92 Å². The summed E-state index contributed by atoms with van der Waals surface area (Å²) in [7, 11) is 1.51. The zero-order chi connectivity index (χ0) is 21.1. The zero-order valence-corrected chi connectivity index (χ0v) is 17.0. The van der Waals surface area contributed by atoms with E-state index < -0.39 is 11.8 Å². The van der Waals surface area contributed by atoms with E-state index in [1.165, 1.54) is 7.11 Å². The Hall–Kier alpha value is -3.33. The lowest BCUT2D eigenvalue weighted by Gasteiger charge is -2.12. The van der Waals surface area contributed by atoms with Gasteiger partial charge in [-0.05, 0) is 55.0 Å². The monoisotopic (exact) mass is 417 g/mol. The Balaban J connectivity index is 1.74. The molecule has 2 rings (SSSR count). The summed E-state index contributed by atoms with van der Waals surface area (Å²) in [6.45, 7) is 2.36. The molecule has 2 amide bonds. The molecule has 2 aromatic rings. The second kappa shape index (κ2) is 11.5. The van der Waals surface area contributed by atoms with Crippen molar-refractivity contribution in [1.82, 2.24) is 16.2 Å². The van der Waals surface area contributed by atoms with Crippen LogP contribution in [0.1, 0.15) is 23.7 Å². The minimum atomic E-state index is -0.482. The number of para-hydroxylation sites is 2. The van der Waals surface area contributed by atoms with Gasteiger partial charge in [-0.25, -0.2) is 0 Å². The van der Waals surface area contributed by atoms with Crippen LogP contribution in [-0.4, -0.2) is 37.3 Å². The summed E-state index contributed by atoms with van der Waals surface area (Å²) in [5, 5.41) is 2.42. The maximum atomic E-state index is 12.2. The lowest BCUT2D eigenvalue weighted by atomic mass is 10.2. The van der Waals surface area contributed by atoms with Crippen molar-refractivity contribution in [2.75, 3.05) is 20.3 Å². The summed E-state index contributed by atoms with van der Waals surface area (Å²) >= 11 is 5.01. The van der Waals surface area contributed by atoms with Gasteiger partial charge in [0.1, 0.15) is 5.75 Å². The molecule has 3 N–H and O–H groups in total. The third-order valence-corrected chi connectivity index (χ3v) is 3.76. The van der Waals surface area contributed by atoms with Gasteiger partial charge in [-0.2, -0.15) is 0 Å². The lowest BCUT2D eigenvalue weighted by Crippen LogP contribution is -2.49. The molecule has 0 aromatic heterocycles. The second-order valence-electron chi connectivity index (χ2n) is 5.77. The molecule has 0 fully saturated rings. The number of hydrogen-bond acceptors (Lipinski definition) is 6. The first-order valence-corrected chi connectivity index (χ1v) is 9.33. The van der Waals surface area contributed by atoms with E-state index in [4.69, 9.17) is 26.4 Å². The molecular weight excluding hydrogens is 394 g/mol. The SMILES string of the molecule is CCCOc1ccc(C(=O)NC(=S)NNC(=O)COc2ccccc2OC)cc1. The van der Waals surface area contributed by atoms with Crippen molar-refractivity contribution in [1.29, 1.82) is 0 Å². The van der Waals surface area contributed by atoms with Gasteiger partial charge < -0.3 is 14.2 Å². The molecule has 0 saturated carbocycles. The van der Waals surface area contributed by atoms with Gasteiger partial charge in [0.25, 0.3) is 11.8 Å². The molecule has 2 aromatic carbocycles. The zero-order valence-electron chi connectivity index (χ0n) is 16.2. The van der Waals surface area contributed by atoms with E-state index in [0.29, 0.717) is 29.4 Å². The van der Waals surface area contributed by atoms with Crippen molar-refractivity contribution < 1.29 is 23.8 Å². The number of thiocarbonyl (C=S) groups is 1. The van der Waals surface area contributed by atoms with E-state index in [2.05, 4.69) is 16.2 Å². The molecule has 0 spiro atoms. The van der Waals surface area contributed by atoms with Crippen LogP contribution in [0, 0.1) is 0 Å². The van der Waals surface area contributed by atoms with Crippen LogP contribution in [0.2, 0.25) is 0 Å². The fourth-order valence-corrected chi connectivity index (χ4v) is 2.32. The normalized spacial score (nSPS) is 9.86. The van der Waals surface area contributed by atoms with Gasteiger partial charge in [0, 0.05) is 5.56 Å². The number of hydrazine groups is 1. The van der Waals surface area contributed by atoms with E-state index in [0.717, 1.165) is 6.42 Å². The van der Waals surface area contributed by atoms with Crippen molar-refractivity contribution in [3.05, 3.63) is 54.1 Å². The Bertz CT molecular complexity index is 842. The molecule has 0 aliphatic carbocycles. The molecule has 0 aliphatic heterocycles. The smallest absolute Gasteiger partial charge is 0.276 e. The second-order valence-corrected chi connectivity index (χ2v) is 6.18. The van der Waals surface area contributed by atoms with Crippen LogP contribution in [0.4, 0.5) is 0 Å². The first-order valence-electron chi connectivity index (χ1n) is 8.92. The van der Waals surface area contributed by atoms with E-state index in [9.17, 15) is 9.59 Å². The Morgan fingerprint density at radius 2 is 1.66 bits per heavy atom. The molecular formula is C20H23N3O5S. The van der Waals surface area contributed by atoms with Crippen molar-refractivity contribution in [3.8, 4) is 17.2 Å². The maximum Gasteiger partial charge on any atom is 0.276 e. The summed E-state index contributed by atoms with van der Waals surface area (Å²) < 4.78 is 16.0. The van der Waals surface area contributed by atoms with Crippen molar-refractivity contribution in [2.24, 2.45) is 0 Å². The third-order valence-electron chi connectivity index (χ3n) is 3.56. The molecule has 154 valence electrons. The highest BCUT2D eigenvalue weighted by molar-refractivity contribution is 7.80. The summed E-state index contributed by atoms with van der Waals surface area (Å²) in [6.07, 6.45) is 0.901. The van der Waals surface area contributed by atoms with E-state index in [-0.39, 0.29) is 11.7 Å². The number of nitrogens with one attached hydrogen (secondary N) is 3. The predicted octanol–water partition coefficient (Wildman–Crippen LogP) is 2.20. The Labute approximate surface area is 174 Å². The Morgan fingerprint density at radius 3 is 2.31 bits per heavy atom. The average Bonchev–Trinajstić information content (AvgIpc) is 2.75. The maximum absolute atomic E-state index is 12.2. The number of rotatable bonds is 8. The molecule has 0 aliphatic rings. The van der Waals surface area contributed by atoms with Crippen LogP contribution in [0.5, 0.6) is 17.2 Å². The highest BCUT2D eigenvalue weighted by Gasteiger charge is 2.10. The predicted molar refractivity (Wildman–Crippen MR) is 112 cm³/mol. The van der Waals surface area contributed by atoms with Crippen LogP contribution in [0.3, 0.4) is 0 Å². The standard InChI is InChI=1S/C20H23N3O5S/c1-3-12-27-15-10-8-14(9-11-15)19(25)21-20(29)23-22-18(24)13-28-17-7-5-4-6-16(17)26-2/h4-11H,3,12-13H2,1-2H3,(H,22,24)(H2,21,23,25,29). The first-order chi connectivity index (χ1) is 14.0. The molecule has 0 bridgehead atoms. The average molecular weight is 417 g/mol. The van der Waals surface area contributed by atoms with Gasteiger partial charge in [-0.3, -0.25) is 25.8 Å². The van der Waals surface area contributed by atoms with Gasteiger partial charge >= 0.3 is 0 Å². The van der Waals surface area contributed by atoms with Crippen molar-refractivity contribution >= 4 is 29.1 Å². The molecule has 8 nitrogen and oxygen atoms in total. The van der Waals surface area contributed by atoms with E-state index >= 15 is 0 Å². The summed E-state index contributed by atoms with van der Waals surface area (Å²) in [5.41, 5.74) is 5.21. The lowest BCUT2D eigenvalue weighted by molar-refractivity contribution is -0.123. The quantitative estimate of drug-likeness (QED) is 0.447. The number of benzene rings is 2. The minimum Gasteiger partial charge on any atom is -0.494 e. The summed E-state index contributed by atoms with van der Waals surface area (Å²) in [5.74, 6) is 0.745. The molecule has 0 radical (unpaired) electrons. The van der Waals surface area contributed by atoms with Crippen LogP contribution in [-0.2, 0) is 4.79 Å². The van der Waals surface area contributed by atoms with Crippen LogP contribution < -0.4 is 30.4 Å². The first kappa shape index (κ1) is 22.0. The topological polar surface area (TPSA) is 97.9 Å². The van der Waals surface area contributed by atoms with Gasteiger partial charge in [0.2, 0.25) is 0 Å². The molecule has 0 unspecified atom stereocenters. The van der Waals surface area contributed by atoms with E-state index in [1.54, 1.807) is 48.5 Å². The third kappa shape index (κ3) is 7.30. The van der Waals surface area contributed by atoms with Gasteiger partial charge in [0.05, 0.1) is 13.7 Å². The number of carbonyl (C=O) groups excluding carboxylic acids is 2. The largest absolute Gasteiger partial charge is 0.494 e. The molecule has 0 saturated heterocycles. The minimum absolute atomic E-state index is 0.0491. The fraction of sp³-hybridized carbons (Fsp3) is 0.250. The number of carbonyl (C=O) groups is 2. The highest BCUT2D eigenvalue weighted by atomic mass is 32.1. The molecule has 0 heterocycles. The van der Waals surface area contributed by atoms with Crippen LogP contribution in [0.25, 0.3) is 0 Å². The number of methoxy groups -OCH3 is 1. The van der Waals surface area contributed by atoms with Crippen molar-refractivity contribution in [3.63, 3.8) is 0 Å². The highest BCUT2D eigenvalue weighted by Crippen LogP contribution is 2.25. The van der Waals surface area contributed by atoms with Crippen molar-refractivity contribution in [2.45, 2.75) is 13.3 Å². The number of ether oxygens (including phenoxy) is 3.